The van der Waals surface area contributed by atoms with Gasteiger partial charge in [0.05, 0.1) is 16.7 Å². The van der Waals surface area contributed by atoms with Gasteiger partial charge in [-0.25, -0.2) is 4.98 Å². The highest BCUT2D eigenvalue weighted by molar-refractivity contribution is 7.99. The average molecular weight is 233 g/mol. The van der Waals surface area contributed by atoms with Crippen LogP contribution in [0, 0.1) is 0 Å². The molecule has 0 aliphatic heterocycles. The lowest BCUT2D eigenvalue weighted by atomic mass is 10.4. The number of nitrogens with zero attached hydrogens (tertiary/aromatic N) is 1. The van der Waals surface area contributed by atoms with Gasteiger partial charge in [0.1, 0.15) is 0 Å². The number of aromatic nitrogens is 1. The summed E-state index contributed by atoms with van der Waals surface area (Å²) in [7, 11) is 1.64. The summed E-state index contributed by atoms with van der Waals surface area (Å²) in [4.78, 5) is 4.15. The highest BCUT2D eigenvalue weighted by Gasteiger charge is 2.03. The second-order valence-electron chi connectivity index (χ2n) is 2.84. The molecule has 14 heavy (non-hydrogen) atoms. The van der Waals surface area contributed by atoms with Crippen LogP contribution in [0.5, 0.6) is 0 Å². The first-order chi connectivity index (χ1) is 6.72. The molecule has 0 aromatic carbocycles. The standard InChI is InChI=1S/C9H13ClN2OS/c1-13-5-8(11)6-14-9-3-2-7(10)4-12-9/h2-4,8H,5-6,11H2,1H3. The van der Waals surface area contributed by atoms with Crippen molar-refractivity contribution < 1.29 is 4.74 Å². The topological polar surface area (TPSA) is 48.1 Å². The number of hydrogen-bond donors (Lipinski definition) is 1. The van der Waals surface area contributed by atoms with Gasteiger partial charge < -0.3 is 10.5 Å². The molecule has 0 radical (unpaired) electrons. The molecule has 0 bridgehead atoms. The highest BCUT2D eigenvalue weighted by atomic mass is 35.5. The number of halogens is 1. The van der Waals surface area contributed by atoms with E-state index in [1.807, 2.05) is 12.1 Å². The molecule has 0 saturated heterocycles. The van der Waals surface area contributed by atoms with Crippen molar-refractivity contribution in [2.75, 3.05) is 19.5 Å². The number of pyridine rings is 1. The monoisotopic (exact) mass is 232 g/mol. The Morgan fingerprint density at radius 1 is 1.64 bits per heavy atom. The summed E-state index contributed by atoms with van der Waals surface area (Å²) in [5.74, 6) is 0.794. The molecule has 0 aliphatic carbocycles. The molecule has 1 heterocycles. The zero-order valence-corrected chi connectivity index (χ0v) is 9.52. The van der Waals surface area contributed by atoms with Crippen LogP contribution >= 0.6 is 23.4 Å². The summed E-state index contributed by atoms with van der Waals surface area (Å²) in [6.45, 7) is 0.570. The van der Waals surface area contributed by atoms with Gasteiger partial charge in [0.15, 0.2) is 0 Å². The molecule has 1 rings (SSSR count). The molecule has 0 saturated carbocycles. The summed E-state index contributed by atoms with van der Waals surface area (Å²) >= 11 is 7.31. The van der Waals surface area contributed by atoms with E-state index in [2.05, 4.69) is 4.98 Å². The zero-order chi connectivity index (χ0) is 10.4. The molecule has 2 N–H and O–H groups in total. The smallest absolute Gasteiger partial charge is 0.0961 e. The Hall–Kier alpha value is -0.290. The summed E-state index contributed by atoms with van der Waals surface area (Å²) < 4.78 is 4.93. The Bertz CT molecular complexity index is 268. The van der Waals surface area contributed by atoms with E-state index in [0.717, 1.165) is 10.8 Å². The third kappa shape index (κ3) is 4.28. The minimum atomic E-state index is 0.0440. The van der Waals surface area contributed by atoms with Gasteiger partial charge in [-0.3, -0.25) is 0 Å². The normalized spacial score (nSPS) is 12.8. The molecule has 1 atom stereocenters. The first kappa shape index (κ1) is 11.8. The SMILES string of the molecule is COCC(N)CSc1ccc(Cl)cn1. The average Bonchev–Trinajstić information content (AvgIpc) is 2.17. The van der Waals surface area contributed by atoms with Crippen molar-refractivity contribution in [3.63, 3.8) is 0 Å². The molecule has 78 valence electrons. The van der Waals surface area contributed by atoms with E-state index in [1.54, 1.807) is 25.1 Å². The van der Waals surface area contributed by atoms with E-state index in [4.69, 9.17) is 22.1 Å². The lowest BCUT2D eigenvalue weighted by Crippen LogP contribution is -2.28. The maximum Gasteiger partial charge on any atom is 0.0961 e. The van der Waals surface area contributed by atoms with Crippen LogP contribution in [0.25, 0.3) is 0 Å². The van der Waals surface area contributed by atoms with Crippen molar-refractivity contribution in [2.24, 2.45) is 5.73 Å². The summed E-state index contributed by atoms with van der Waals surface area (Å²) in [6.07, 6.45) is 1.63. The summed E-state index contributed by atoms with van der Waals surface area (Å²) in [5.41, 5.74) is 5.76. The molecule has 1 unspecified atom stereocenters. The molecule has 0 amide bonds. The van der Waals surface area contributed by atoms with Gasteiger partial charge in [0.25, 0.3) is 0 Å². The van der Waals surface area contributed by atoms with Gasteiger partial charge in [-0.15, -0.1) is 11.8 Å². The molecule has 0 spiro atoms. The summed E-state index contributed by atoms with van der Waals surface area (Å²) in [5, 5.41) is 1.58. The van der Waals surface area contributed by atoms with E-state index in [9.17, 15) is 0 Å². The number of rotatable bonds is 5. The molecule has 0 aliphatic rings. The fourth-order valence-electron chi connectivity index (χ4n) is 0.902. The van der Waals surface area contributed by atoms with Crippen molar-refractivity contribution in [3.05, 3.63) is 23.4 Å². The van der Waals surface area contributed by atoms with Crippen molar-refractivity contribution in [1.82, 2.24) is 4.98 Å². The lowest BCUT2D eigenvalue weighted by Gasteiger charge is -2.08. The molecule has 1 aromatic heterocycles. The second-order valence-corrected chi connectivity index (χ2v) is 4.32. The minimum absolute atomic E-state index is 0.0440. The fraction of sp³-hybridized carbons (Fsp3) is 0.444. The molecule has 1 aromatic rings. The zero-order valence-electron chi connectivity index (χ0n) is 7.94. The first-order valence-electron chi connectivity index (χ1n) is 4.21. The van der Waals surface area contributed by atoms with Gasteiger partial charge in [0.2, 0.25) is 0 Å². The third-order valence-electron chi connectivity index (χ3n) is 1.53. The molecule has 3 nitrogen and oxygen atoms in total. The minimum Gasteiger partial charge on any atom is -0.383 e. The lowest BCUT2D eigenvalue weighted by molar-refractivity contribution is 0.186. The maximum absolute atomic E-state index is 5.76. The Morgan fingerprint density at radius 3 is 3.00 bits per heavy atom. The van der Waals surface area contributed by atoms with Gasteiger partial charge in [-0.2, -0.15) is 0 Å². The van der Waals surface area contributed by atoms with E-state index in [-0.39, 0.29) is 6.04 Å². The van der Waals surface area contributed by atoms with Crippen LogP contribution in [0.1, 0.15) is 0 Å². The van der Waals surface area contributed by atoms with E-state index in [1.165, 1.54) is 0 Å². The van der Waals surface area contributed by atoms with E-state index < -0.39 is 0 Å². The van der Waals surface area contributed by atoms with Crippen molar-refractivity contribution >= 4 is 23.4 Å². The number of thioether (sulfide) groups is 1. The van der Waals surface area contributed by atoms with Crippen LogP contribution in [0.3, 0.4) is 0 Å². The Kier molecular flexibility index (Phi) is 5.25. The second kappa shape index (κ2) is 6.24. The van der Waals surface area contributed by atoms with E-state index >= 15 is 0 Å². The molecule has 5 heteroatoms. The van der Waals surface area contributed by atoms with Crippen LogP contribution < -0.4 is 5.73 Å². The Balaban J connectivity index is 2.34. The van der Waals surface area contributed by atoms with Gasteiger partial charge >= 0.3 is 0 Å². The van der Waals surface area contributed by atoms with Crippen molar-refractivity contribution in [2.45, 2.75) is 11.1 Å². The predicted octanol–water partition coefficient (Wildman–Crippen LogP) is 1.80. The highest BCUT2D eigenvalue weighted by Crippen LogP contribution is 2.17. The van der Waals surface area contributed by atoms with Gasteiger partial charge in [0, 0.05) is 25.1 Å². The molecule has 0 fully saturated rings. The third-order valence-corrected chi connectivity index (χ3v) is 2.88. The number of methoxy groups -OCH3 is 1. The van der Waals surface area contributed by atoms with Crippen LogP contribution in [-0.4, -0.2) is 30.5 Å². The Labute approximate surface area is 93.0 Å². The largest absolute Gasteiger partial charge is 0.383 e. The van der Waals surface area contributed by atoms with Crippen LogP contribution in [0.4, 0.5) is 0 Å². The summed E-state index contributed by atoms with van der Waals surface area (Å²) in [6, 6.07) is 3.74. The van der Waals surface area contributed by atoms with Crippen LogP contribution in [0.15, 0.2) is 23.4 Å². The number of nitrogens with two attached hydrogens (primary N) is 1. The van der Waals surface area contributed by atoms with Gasteiger partial charge in [-0.05, 0) is 12.1 Å². The number of ether oxygens (including phenoxy) is 1. The fourth-order valence-corrected chi connectivity index (χ4v) is 1.79. The van der Waals surface area contributed by atoms with Crippen LogP contribution in [-0.2, 0) is 4.74 Å². The quantitative estimate of drug-likeness (QED) is 0.787. The predicted molar refractivity (Wildman–Crippen MR) is 59.8 cm³/mol. The molecular weight excluding hydrogens is 220 g/mol. The molecular formula is C9H13ClN2OS. The van der Waals surface area contributed by atoms with Gasteiger partial charge in [-0.1, -0.05) is 11.6 Å². The van der Waals surface area contributed by atoms with Crippen LogP contribution in [0.2, 0.25) is 5.02 Å². The first-order valence-corrected chi connectivity index (χ1v) is 5.57. The van der Waals surface area contributed by atoms with Crippen molar-refractivity contribution in [3.8, 4) is 0 Å². The maximum atomic E-state index is 5.76. The number of hydrogen-bond acceptors (Lipinski definition) is 4. The Morgan fingerprint density at radius 2 is 2.43 bits per heavy atom. The van der Waals surface area contributed by atoms with Crippen molar-refractivity contribution in [1.29, 1.82) is 0 Å². The van der Waals surface area contributed by atoms with E-state index in [0.29, 0.717) is 11.6 Å².